The zero-order chi connectivity index (χ0) is 56.4. The van der Waals surface area contributed by atoms with Crippen LogP contribution in [0, 0.1) is 0 Å². The number of carbonyl (C=O) groups excluding carboxylic acids is 3. The van der Waals surface area contributed by atoms with Crippen LogP contribution in [0.5, 0.6) is 0 Å². The van der Waals surface area contributed by atoms with Crippen molar-refractivity contribution >= 4 is 17.9 Å². The molecular weight excluding hydrogens is 961 g/mol. The molecule has 0 aliphatic heterocycles. The first kappa shape index (κ1) is 75.1. The first-order valence-electron chi connectivity index (χ1n) is 34.3. The molecule has 0 aromatic heterocycles. The lowest BCUT2D eigenvalue weighted by Crippen LogP contribution is -2.30. The van der Waals surface area contributed by atoms with Gasteiger partial charge in [0, 0.05) is 19.3 Å². The van der Waals surface area contributed by atoms with E-state index < -0.39 is 6.10 Å². The standard InChI is InChI=1S/C72H130O6/c1-4-7-10-13-16-19-22-25-27-29-31-33-34-35-36-37-38-40-41-43-45-47-50-53-56-59-62-65-71(74)77-68-69(67-76-70(73)64-61-58-55-52-49-24-21-18-15-12-9-6-3)78-72(75)66-63-60-57-54-51-48-46-44-42-39-32-30-28-26-23-20-17-14-11-8-5-2/h18,21,23,26,29-32,42,44,69H,4-17,19-20,22,24-25,27-28,33-41,43,45-68H2,1-3H3/b21-18-,26-23-,31-29-,32-30-,44-42-. The largest absolute Gasteiger partial charge is 0.462 e. The van der Waals surface area contributed by atoms with E-state index in [0.717, 1.165) is 89.9 Å². The fraction of sp³-hybridized carbons (Fsp3) is 0.819. The van der Waals surface area contributed by atoms with E-state index in [1.807, 2.05) is 0 Å². The summed E-state index contributed by atoms with van der Waals surface area (Å²) in [6.07, 6.45) is 85.3. The molecule has 0 spiro atoms. The molecule has 0 heterocycles. The molecule has 0 aliphatic rings. The number of esters is 3. The van der Waals surface area contributed by atoms with Gasteiger partial charge in [-0.3, -0.25) is 14.4 Å². The van der Waals surface area contributed by atoms with E-state index in [9.17, 15) is 14.4 Å². The molecule has 0 aliphatic carbocycles. The van der Waals surface area contributed by atoms with Gasteiger partial charge in [-0.05, 0) is 109 Å². The van der Waals surface area contributed by atoms with Gasteiger partial charge in [0.2, 0.25) is 0 Å². The highest BCUT2D eigenvalue weighted by Crippen LogP contribution is 2.17. The van der Waals surface area contributed by atoms with Gasteiger partial charge in [0.15, 0.2) is 6.10 Å². The van der Waals surface area contributed by atoms with Crippen molar-refractivity contribution in [3.05, 3.63) is 60.8 Å². The quantitative estimate of drug-likeness (QED) is 0.0261. The van der Waals surface area contributed by atoms with Crippen LogP contribution in [0.2, 0.25) is 0 Å². The lowest BCUT2D eigenvalue weighted by atomic mass is 10.0. The molecule has 0 aromatic carbocycles. The van der Waals surface area contributed by atoms with Crippen molar-refractivity contribution in [1.82, 2.24) is 0 Å². The average molecular weight is 1090 g/mol. The fourth-order valence-corrected chi connectivity index (χ4v) is 10.0. The SMILES string of the molecule is CCCCC/C=C\CCCCCCCC(=O)OCC(COC(=O)CCCCCCCCCCCCCCCCC/C=C\CCCCCCCCCC)OC(=O)CCCCCCCC/C=C\C/C=C\C/C=C\CCCCCCC. The molecule has 0 fully saturated rings. The number of rotatable bonds is 63. The second-order valence-corrected chi connectivity index (χ2v) is 23.1. The molecule has 78 heavy (non-hydrogen) atoms. The van der Waals surface area contributed by atoms with Gasteiger partial charge in [-0.15, -0.1) is 0 Å². The summed E-state index contributed by atoms with van der Waals surface area (Å²) >= 11 is 0. The number of allylic oxidation sites excluding steroid dienone is 10. The molecule has 0 rings (SSSR count). The van der Waals surface area contributed by atoms with Crippen molar-refractivity contribution in [2.45, 2.75) is 367 Å². The molecule has 6 nitrogen and oxygen atoms in total. The van der Waals surface area contributed by atoms with Crippen molar-refractivity contribution in [3.63, 3.8) is 0 Å². The van der Waals surface area contributed by atoms with E-state index in [0.29, 0.717) is 19.3 Å². The summed E-state index contributed by atoms with van der Waals surface area (Å²) in [7, 11) is 0. The van der Waals surface area contributed by atoms with Crippen LogP contribution >= 0.6 is 0 Å². The molecule has 1 atom stereocenters. The third-order valence-electron chi connectivity index (χ3n) is 15.2. The molecule has 6 heteroatoms. The lowest BCUT2D eigenvalue weighted by Gasteiger charge is -2.18. The third-order valence-corrected chi connectivity index (χ3v) is 15.2. The maximum Gasteiger partial charge on any atom is 0.306 e. The van der Waals surface area contributed by atoms with Crippen LogP contribution in [-0.4, -0.2) is 37.2 Å². The van der Waals surface area contributed by atoms with Gasteiger partial charge in [0.1, 0.15) is 13.2 Å². The summed E-state index contributed by atoms with van der Waals surface area (Å²) in [6.45, 7) is 6.63. The van der Waals surface area contributed by atoms with Crippen molar-refractivity contribution in [1.29, 1.82) is 0 Å². The van der Waals surface area contributed by atoms with E-state index in [4.69, 9.17) is 14.2 Å². The number of unbranched alkanes of at least 4 members (excludes halogenated alkanes) is 42. The lowest BCUT2D eigenvalue weighted by molar-refractivity contribution is -0.167. The Labute approximate surface area is 485 Å². The molecule has 0 aromatic rings. The van der Waals surface area contributed by atoms with E-state index in [2.05, 4.69) is 81.5 Å². The topological polar surface area (TPSA) is 78.9 Å². The predicted molar refractivity (Wildman–Crippen MR) is 339 cm³/mol. The molecule has 0 amide bonds. The van der Waals surface area contributed by atoms with Gasteiger partial charge < -0.3 is 14.2 Å². The normalized spacial score (nSPS) is 12.4. The van der Waals surface area contributed by atoms with Gasteiger partial charge in [-0.1, -0.05) is 293 Å². The highest BCUT2D eigenvalue weighted by molar-refractivity contribution is 5.71. The Morgan fingerprint density at radius 1 is 0.256 bits per heavy atom. The van der Waals surface area contributed by atoms with Gasteiger partial charge in [0.05, 0.1) is 0 Å². The van der Waals surface area contributed by atoms with Crippen LogP contribution in [0.25, 0.3) is 0 Å². The van der Waals surface area contributed by atoms with Crippen LogP contribution in [0.4, 0.5) is 0 Å². The Hall–Kier alpha value is -2.89. The minimum Gasteiger partial charge on any atom is -0.462 e. The van der Waals surface area contributed by atoms with Crippen LogP contribution in [0.3, 0.4) is 0 Å². The summed E-state index contributed by atoms with van der Waals surface area (Å²) in [5.41, 5.74) is 0. The summed E-state index contributed by atoms with van der Waals surface area (Å²) in [6, 6.07) is 0. The Bertz CT molecular complexity index is 1390. The molecule has 0 radical (unpaired) electrons. The number of ether oxygens (including phenoxy) is 3. The van der Waals surface area contributed by atoms with Gasteiger partial charge in [-0.25, -0.2) is 0 Å². The first-order valence-corrected chi connectivity index (χ1v) is 34.3. The molecular formula is C72H130O6. The predicted octanol–water partition coefficient (Wildman–Crippen LogP) is 23.5. The number of carbonyl (C=O) groups is 3. The number of hydrogen-bond donors (Lipinski definition) is 0. The number of hydrogen-bond acceptors (Lipinski definition) is 6. The fourth-order valence-electron chi connectivity index (χ4n) is 10.0. The summed E-state index contributed by atoms with van der Waals surface area (Å²) in [4.78, 5) is 38.3. The van der Waals surface area contributed by atoms with E-state index in [-0.39, 0.29) is 31.1 Å². The first-order chi connectivity index (χ1) is 38.5. The van der Waals surface area contributed by atoms with Crippen molar-refractivity contribution in [2.24, 2.45) is 0 Å². The van der Waals surface area contributed by atoms with Crippen molar-refractivity contribution < 1.29 is 28.6 Å². The molecule has 1 unspecified atom stereocenters. The van der Waals surface area contributed by atoms with E-state index in [1.54, 1.807) is 0 Å². The maximum atomic E-state index is 12.9. The van der Waals surface area contributed by atoms with Crippen LogP contribution < -0.4 is 0 Å². The Morgan fingerprint density at radius 3 is 0.756 bits per heavy atom. The zero-order valence-corrected chi connectivity index (χ0v) is 52.2. The molecule has 0 saturated carbocycles. The van der Waals surface area contributed by atoms with Crippen LogP contribution in [0.15, 0.2) is 60.8 Å². The van der Waals surface area contributed by atoms with E-state index in [1.165, 1.54) is 231 Å². The third kappa shape index (κ3) is 63.9. The maximum absolute atomic E-state index is 12.9. The minimum absolute atomic E-state index is 0.0797. The van der Waals surface area contributed by atoms with Crippen molar-refractivity contribution in [3.8, 4) is 0 Å². The second-order valence-electron chi connectivity index (χ2n) is 23.1. The molecule has 0 saturated heterocycles. The molecule has 454 valence electrons. The van der Waals surface area contributed by atoms with Crippen LogP contribution in [0.1, 0.15) is 361 Å². The smallest absolute Gasteiger partial charge is 0.306 e. The Morgan fingerprint density at radius 2 is 0.462 bits per heavy atom. The minimum atomic E-state index is -0.785. The summed E-state index contributed by atoms with van der Waals surface area (Å²) < 4.78 is 16.9. The highest BCUT2D eigenvalue weighted by Gasteiger charge is 2.19. The zero-order valence-electron chi connectivity index (χ0n) is 52.2. The van der Waals surface area contributed by atoms with Gasteiger partial charge >= 0.3 is 17.9 Å². The summed E-state index contributed by atoms with van der Waals surface area (Å²) in [5, 5.41) is 0. The highest BCUT2D eigenvalue weighted by atomic mass is 16.6. The van der Waals surface area contributed by atoms with Crippen LogP contribution in [-0.2, 0) is 28.6 Å². The molecule has 0 bridgehead atoms. The van der Waals surface area contributed by atoms with Gasteiger partial charge in [-0.2, -0.15) is 0 Å². The Balaban J connectivity index is 4.25. The van der Waals surface area contributed by atoms with Gasteiger partial charge in [0.25, 0.3) is 0 Å². The molecule has 0 N–H and O–H groups in total. The average Bonchev–Trinajstić information content (AvgIpc) is 3.44. The Kier molecular flexibility index (Phi) is 64.2. The van der Waals surface area contributed by atoms with E-state index >= 15 is 0 Å². The summed E-state index contributed by atoms with van der Waals surface area (Å²) in [5.74, 6) is -0.883. The second kappa shape index (κ2) is 66.6. The van der Waals surface area contributed by atoms with Crippen molar-refractivity contribution in [2.75, 3.05) is 13.2 Å². The monoisotopic (exact) mass is 1090 g/mol.